The first kappa shape index (κ1) is 26.5. The van der Waals surface area contributed by atoms with Crippen LogP contribution in [-0.2, 0) is 27.7 Å². The Morgan fingerprint density at radius 1 is 1.10 bits per heavy atom. The molecule has 4 heterocycles. The lowest BCUT2D eigenvalue weighted by atomic mass is 10.1. The number of hydrogen-bond acceptors (Lipinski definition) is 8. The average Bonchev–Trinajstić information content (AvgIpc) is 3.01. The van der Waals surface area contributed by atoms with E-state index in [9.17, 15) is 26.4 Å². The predicted octanol–water partition coefficient (Wildman–Crippen LogP) is 4.21. The SMILES string of the molecule is C[C@H]1COCc2ccc(C(=O)NCc3cc4nc(-c5cccc(OC(F)(F)F)n5)ccc4cn3)cc2S1(=O)=O. The molecule has 4 aromatic rings. The van der Waals surface area contributed by atoms with Crippen molar-refractivity contribution in [3.63, 3.8) is 0 Å². The zero-order chi connectivity index (χ0) is 27.8. The zero-order valence-corrected chi connectivity index (χ0v) is 21.2. The molecule has 0 bridgehead atoms. The molecule has 13 heteroatoms. The number of fused-ring (bicyclic) bond motifs is 2. The first-order valence-corrected chi connectivity index (χ1v) is 13.3. The maximum Gasteiger partial charge on any atom is 0.574 e. The number of carbonyl (C=O) groups is 1. The van der Waals surface area contributed by atoms with Gasteiger partial charge in [-0.25, -0.2) is 18.4 Å². The van der Waals surface area contributed by atoms with Crippen molar-refractivity contribution in [2.45, 2.75) is 36.6 Å². The summed E-state index contributed by atoms with van der Waals surface area (Å²) in [5.41, 5.74) is 2.13. The molecule has 0 unspecified atom stereocenters. The fraction of sp³-hybridized carbons (Fsp3) is 0.231. The highest BCUT2D eigenvalue weighted by Gasteiger charge is 2.32. The van der Waals surface area contributed by atoms with E-state index < -0.39 is 33.2 Å². The standard InChI is InChI=1S/C26H21F3N4O5S/c1-15-13-37-14-18-6-5-16(9-23(18)39(15,35)36)25(34)31-12-19-10-22-17(11-30-19)7-8-21(32-22)20-3-2-4-24(33-20)38-26(27,28)29/h2-11,15H,12-14H2,1H3,(H,31,34)/t15-/m0/s1. The Hall–Kier alpha value is -4.10. The van der Waals surface area contributed by atoms with Gasteiger partial charge in [0.05, 0.1) is 52.5 Å². The molecule has 0 saturated heterocycles. The highest BCUT2D eigenvalue weighted by atomic mass is 32.2. The van der Waals surface area contributed by atoms with Crippen molar-refractivity contribution in [3.8, 4) is 17.3 Å². The summed E-state index contributed by atoms with van der Waals surface area (Å²) in [4.78, 5) is 25.6. The highest BCUT2D eigenvalue weighted by molar-refractivity contribution is 7.92. The second-order valence-corrected chi connectivity index (χ2v) is 11.2. The molecule has 1 amide bonds. The quantitative estimate of drug-likeness (QED) is 0.387. The van der Waals surface area contributed by atoms with E-state index in [1.165, 1.54) is 24.3 Å². The molecule has 0 radical (unpaired) electrons. The molecular formula is C26H21F3N4O5S. The minimum absolute atomic E-state index is 0.0250. The van der Waals surface area contributed by atoms with E-state index in [0.717, 1.165) is 6.07 Å². The van der Waals surface area contributed by atoms with Gasteiger partial charge in [-0.15, -0.1) is 13.2 Å². The molecule has 39 heavy (non-hydrogen) atoms. The molecule has 1 aromatic carbocycles. The van der Waals surface area contributed by atoms with Crippen LogP contribution in [0.4, 0.5) is 13.2 Å². The number of amides is 1. The highest BCUT2D eigenvalue weighted by Crippen LogP contribution is 2.27. The molecular weight excluding hydrogens is 537 g/mol. The molecule has 1 N–H and O–H groups in total. The predicted molar refractivity (Wildman–Crippen MR) is 133 cm³/mol. The van der Waals surface area contributed by atoms with Crippen LogP contribution in [0.3, 0.4) is 0 Å². The lowest BCUT2D eigenvalue weighted by molar-refractivity contribution is -0.276. The third-order valence-corrected chi connectivity index (χ3v) is 8.23. The fourth-order valence-corrected chi connectivity index (χ4v) is 5.52. The summed E-state index contributed by atoms with van der Waals surface area (Å²) >= 11 is 0. The van der Waals surface area contributed by atoms with E-state index in [0.29, 0.717) is 27.9 Å². The fourth-order valence-electron chi connectivity index (χ4n) is 4.02. The van der Waals surface area contributed by atoms with Gasteiger partial charge in [0.1, 0.15) is 0 Å². The number of carbonyl (C=O) groups excluding carboxylic acids is 1. The number of benzene rings is 1. The summed E-state index contributed by atoms with van der Waals surface area (Å²) in [6.07, 6.45) is -3.31. The lowest BCUT2D eigenvalue weighted by Gasteiger charge is -2.12. The Kier molecular flexibility index (Phi) is 6.95. The summed E-state index contributed by atoms with van der Waals surface area (Å²) in [5.74, 6) is -1.09. The van der Waals surface area contributed by atoms with Crippen LogP contribution < -0.4 is 10.1 Å². The molecule has 202 valence electrons. The van der Waals surface area contributed by atoms with Crippen LogP contribution >= 0.6 is 0 Å². The molecule has 3 aromatic heterocycles. The summed E-state index contributed by atoms with van der Waals surface area (Å²) in [7, 11) is -3.64. The molecule has 1 aliphatic rings. The van der Waals surface area contributed by atoms with Crippen molar-refractivity contribution in [3.05, 3.63) is 77.6 Å². The molecule has 0 saturated carbocycles. The molecule has 1 atom stereocenters. The van der Waals surface area contributed by atoms with Crippen molar-refractivity contribution in [2.24, 2.45) is 0 Å². The van der Waals surface area contributed by atoms with E-state index in [4.69, 9.17) is 4.74 Å². The number of hydrogen-bond donors (Lipinski definition) is 1. The lowest BCUT2D eigenvalue weighted by Crippen LogP contribution is -2.24. The van der Waals surface area contributed by atoms with Gasteiger partial charge in [-0.05, 0) is 48.9 Å². The van der Waals surface area contributed by atoms with Crippen LogP contribution in [0.1, 0.15) is 28.5 Å². The Morgan fingerprint density at radius 3 is 2.69 bits per heavy atom. The van der Waals surface area contributed by atoms with Crippen molar-refractivity contribution in [2.75, 3.05) is 6.61 Å². The number of ether oxygens (including phenoxy) is 2. The van der Waals surface area contributed by atoms with E-state index in [1.54, 1.807) is 37.4 Å². The second-order valence-electron chi connectivity index (χ2n) is 8.85. The molecule has 0 aliphatic carbocycles. The van der Waals surface area contributed by atoms with Gasteiger partial charge in [0.25, 0.3) is 5.91 Å². The van der Waals surface area contributed by atoms with Crippen LogP contribution in [0.2, 0.25) is 0 Å². The first-order chi connectivity index (χ1) is 18.5. The van der Waals surface area contributed by atoms with Gasteiger partial charge < -0.3 is 14.8 Å². The Labute approximate surface area is 220 Å². The van der Waals surface area contributed by atoms with Crippen molar-refractivity contribution < 1.29 is 35.9 Å². The largest absolute Gasteiger partial charge is 0.574 e. The van der Waals surface area contributed by atoms with Crippen molar-refractivity contribution in [1.82, 2.24) is 20.3 Å². The number of nitrogens with one attached hydrogen (secondary N) is 1. The molecule has 9 nitrogen and oxygen atoms in total. The monoisotopic (exact) mass is 558 g/mol. The topological polar surface area (TPSA) is 120 Å². The van der Waals surface area contributed by atoms with E-state index in [1.807, 2.05) is 0 Å². The average molecular weight is 559 g/mol. The van der Waals surface area contributed by atoms with Crippen LogP contribution in [-0.4, -0.2) is 47.5 Å². The summed E-state index contributed by atoms with van der Waals surface area (Å²) in [6.45, 7) is 1.80. The van der Waals surface area contributed by atoms with Crippen LogP contribution in [0.25, 0.3) is 22.3 Å². The van der Waals surface area contributed by atoms with Crippen molar-refractivity contribution in [1.29, 1.82) is 0 Å². The normalized spacial score (nSPS) is 16.8. The third kappa shape index (κ3) is 5.83. The number of sulfone groups is 1. The third-order valence-electron chi connectivity index (χ3n) is 6.04. The Balaban J connectivity index is 1.34. The van der Waals surface area contributed by atoms with E-state index >= 15 is 0 Å². The first-order valence-electron chi connectivity index (χ1n) is 11.7. The second kappa shape index (κ2) is 10.2. The molecule has 0 fully saturated rings. The van der Waals surface area contributed by atoms with Gasteiger partial charge in [-0.3, -0.25) is 9.78 Å². The van der Waals surface area contributed by atoms with Gasteiger partial charge in [0.15, 0.2) is 9.84 Å². The van der Waals surface area contributed by atoms with E-state index in [-0.39, 0.29) is 35.9 Å². The summed E-state index contributed by atoms with van der Waals surface area (Å²) in [5, 5.41) is 2.67. The summed E-state index contributed by atoms with van der Waals surface area (Å²) < 4.78 is 72.6. The van der Waals surface area contributed by atoms with E-state index in [2.05, 4.69) is 25.0 Å². The Bertz CT molecular complexity index is 1680. The molecule has 0 spiro atoms. The minimum atomic E-state index is -4.87. The smallest absolute Gasteiger partial charge is 0.388 e. The molecule has 5 rings (SSSR count). The van der Waals surface area contributed by atoms with Crippen LogP contribution in [0, 0.1) is 0 Å². The van der Waals surface area contributed by atoms with Crippen LogP contribution in [0.15, 0.2) is 65.7 Å². The van der Waals surface area contributed by atoms with Gasteiger partial charge in [0, 0.05) is 23.2 Å². The number of alkyl halides is 3. The Morgan fingerprint density at radius 2 is 1.90 bits per heavy atom. The maximum atomic E-state index is 12.8. The number of pyridine rings is 3. The van der Waals surface area contributed by atoms with Crippen molar-refractivity contribution >= 4 is 26.6 Å². The van der Waals surface area contributed by atoms with Gasteiger partial charge in [-0.2, -0.15) is 0 Å². The maximum absolute atomic E-state index is 12.8. The van der Waals surface area contributed by atoms with Gasteiger partial charge >= 0.3 is 6.36 Å². The van der Waals surface area contributed by atoms with Crippen LogP contribution in [0.5, 0.6) is 5.88 Å². The number of rotatable bonds is 5. The zero-order valence-electron chi connectivity index (χ0n) is 20.4. The number of aromatic nitrogens is 3. The summed E-state index contributed by atoms with van der Waals surface area (Å²) in [6, 6.07) is 13.4. The van der Waals surface area contributed by atoms with Gasteiger partial charge in [-0.1, -0.05) is 12.1 Å². The number of halogens is 3. The van der Waals surface area contributed by atoms with Gasteiger partial charge in [0.2, 0.25) is 5.88 Å². The minimum Gasteiger partial charge on any atom is -0.388 e. The molecule has 1 aliphatic heterocycles. The number of nitrogens with zero attached hydrogens (tertiary/aromatic N) is 3.